The number of carbonyl (C=O) groups is 1. The molecule has 0 atom stereocenters. The van der Waals surface area contributed by atoms with E-state index in [0.717, 1.165) is 11.3 Å². The highest BCUT2D eigenvalue weighted by Gasteiger charge is 2.11. The summed E-state index contributed by atoms with van der Waals surface area (Å²) in [5, 5.41) is 3.16. The summed E-state index contributed by atoms with van der Waals surface area (Å²) < 4.78 is 0. The van der Waals surface area contributed by atoms with Crippen LogP contribution in [-0.4, -0.2) is 20.9 Å². The Morgan fingerprint density at radius 3 is 2.64 bits per heavy atom. The molecule has 0 unspecified atom stereocenters. The maximum absolute atomic E-state index is 12.0. The van der Waals surface area contributed by atoms with E-state index >= 15 is 0 Å². The molecule has 1 aromatic carbocycles. The number of aryl methyl sites for hydroxylation is 1. The number of carbonyl (C=O) groups excluding carboxylic acids is 1. The highest BCUT2D eigenvalue weighted by atomic mass is 16.2. The Labute approximate surface area is 144 Å². The molecule has 0 aliphatic rings. The molecule has 0 spiro atoms. The van der Waals surface area contributed by atoms with E-state index in [0.29, 0.717) is 17.2 Å². The highest BCUT2D eigenvalue weighted by molar-refractivity contribution is 5.94. The number of nitrogens with two attached hydrogens (primary N) is 1. The summed E-state index contributed by atoms with van der Waals surface area (Å²) in [5.74, 6) is 0.394. The van der Waals surface area contributed by atoms with Crippen LogP contribution < -0.4 is 21.9 Å². The molecule has 126 valence electrons. The molecule has 3 aromatic rings. The van der Waals surface area contributed by atoms with Gasteiger partial charge in [0.15, 0.2) is 11.6 Å². The molecule has 25 heavy (non-hydrogen) atoms. The molecule has 0 aliphatic carbocycles. The number of pyridine rings is 1. The zero-order valence-electron chi connectivity index (χ0n) is 13.5. The third kappa shape index (κ3) is 3.81. The SMILES string of the molecule is Cc1ccccc1Nc1ncnc(NNC(=O)c2cccnc2)c1N. The summed E-state index contributed by atoms with van der Waals surface area (Å²) in [6, 6.07) is 11.1. The van der Waals surface area contributed by atoms with E-state index in [1.165, 1.54) is 12.5 Å². The van der Waals surface area contributed by atoms with Gasteiger partial charge in [0.25, 0.3) is 5.91 Å². The first kappa shape index (κ1) is 16.2. The minimum atomic E-state index is -0.348. The number of rotatable bonds is 5. The fourth-order valence-electron chi connectivity index (χ4n) is 2.12. The molecule has 0 saturated heterocycles. The summed E-state index contributed by atoms with van der Waals surface area (Å²) in [6.07, 6.45) is 4.41. The van der Waals surface area contributed by atoms with Crippen molar-refractivity contribution in [2.75, 3.05) is 16.5 Å². The number of anilines is 4. The topological polar surface area (TPSA) is 118 Å². The molecule has 0 radical (unpaired) electrons. The first-order chi connectivity index (χ1) is 12.1. The number of amides is 1. The van der Waals surface area contributed by atoms with Crippen LogP contribution in [0.4, 0.5) is 23.0 Å². The molecule has 0 bridgehead atoms. The number of nitrogens with zero attached hydrogens (tertiary/aromatic N) is 3. The molecular weight excluding hydrogens is 318 g/mol. The van der Waals surface area contributed by atoms with Crippen LogP contribution in [0.15, 0.2) is 55.1 Å². The van der Waals surface area contributed by atoms with Crippen LogP contribution >= 0.6 is 0 Å². The van der Waals surface area contributed by atoms with Crippen LogP contribution in [0.25, 0.3) is 0 Å². The van der Waals surface area contributed by atoms with Gasteiger partial charge in [-0.3, -0.25) is 20.6 Å². The predicted octanol–water partition coefficient (Wildman–Crippen LogP) is 2.26. The van der Waals surface area contributed by atoms with Gasteiger partial charge in [-0.15, -0.1) is 0 Å². The largest absolute Gasteiger partial charge is 0.393 e. The summed E-state index contributed by atoms with van der Waals surface area (Å²) >= 11 is 0. The molecule has 0 fully saturated rings. The normalized spacial score (nSPS) is 10.1. The van der Waals surface area contributed by atoms with Gasteiger partial charge in [0.1, 0.15) is 12.0 Å². The first-order valence-electron chi connectivity index (χ1n) is 7.54. The molecule has 3 rings (SSSR count). The van der Waals surface area contributed by atoms with Crippen molar-refractivity contribution in [3.05, 3.63) is 66.2 Å². The average Bonchev–Trinajstić information content (AvgIpc) is 2.64. The minimum Gasteiger partial charge on any atom is -0.393 e. The van der Waals surface area contributed by atoms with Gasteiger partial charge >= 0.3 is 0 Å². The number of benzene rings is 1. The van der Waals surface area contributed by atoms with Gasteiger partial charge in [-0.2, -0.15) is 0 Å². The van der Waals surface area contributed by atoms with Crippen LogP contribution in [0.2, 0.25) is 0 Å². The number of nitrogen functional groups attached to an aromatic ring is 1. The third-order valence-corrected chi connectivity index (χ3v) is 3.50. The lowest BCUT2D eigenvalue weighted by atomic mass is 10.2. The number of nitrogens with one attached hydrogen (secondary N) is 3. The summed E-state index contributed by atoms with van der Waals surface area (Å²) in [4.78, 5) is 24.1. The van der Waals surface area contributed by atoms with Gasteiger partial charge in [0, 0.05) is 18.1 Å². The predicted molar refractivity (Wildman–Crippen MR) is 96.2 cm³/mol. The van der Waals surface area contributed by atoms with Crippen molar-refractivity contribution in [3.63, 3.8) is 0 Å². The Morgan fingerprint density at radius 1 is 1.08 bits per heavy atom. The van der Waals surface area contributed by atoms with Crippen LogP contribution in [0.5, 0.6) is 0 Å². The lowest BCUT2D eigenvalue weighted by molar-refractivity contribution is 0.0962. The third-order valence-electron chi connectivity index (χ3n) is 3.50. The zero-order chi connectivity index (χ0) is 17.6. The Hall–Kier alpha value is -3.68. The van der Waals surface area contributed by atoms with Crippen molar-refractivity contribution < 1.29 is 4.79 Å². The molecule has 5 N–H and O–H groups in total. The van der Waals surface area contributed by atoms with Crippen LogP contribution in [-0.2, 0) is 0 Å². The van der Waals surface area contributed by atoms with Gasteiger partial charge in [0.05, 0.1) is 5.56 Å². The lowest BCUT2D eigenvalue weighted by Gasteiger charge is -2.14. The Bertz CT molecular complexity index is 883. The van der Waals surface area contributed by atoms with Crippen LogP contribution in [0.1, 0.15) is 15.9 Å². The second-order valence-corrected chi connectivity index (χ2v) is 5.25. The number of hydrogen-bond donors (Lipinski definition) is 4. The van der Waals surface area contributed by atoms with E-state index in [9.17, 15) is 4.79 Å². The molecule has 0 aliphatic heterocycles. The van der Waals surface area contributed by atoms with Gasteiger partial charge < -0.3 is 11.1 Å². The van der Waals surface area contributed by atoms with Gasteiger partial charge in [0.2, 0.25) is 0 Å². The fraction of sp³-hybridized carbons (Fsp3) is 0.0588. The number of hydrazine groups is 1. The van der Waals surface area contributed by atoms with E-state index in [1.54, 1.807) is 18.3 Å². The molecule has 0 saturated carbocycles. The Balaban J connectivity index is 1.73. The fourth-order valence-corrected chi connectivity index (χ4v) is 2.12. The molecule has 2 aromatic heterocycles. The Kier molecular flexibility index (Phi) is 4.70. The van der Waals surface area contributed by atoms with Gasteiger partial charge in [-0.1, -0.05) is 18.2 Å². The second-order valence-electron chi connectivity index (χ2n) is 5.25. The summed E-state index contributed by atoms with van der Waals surface area (Å²) in [7, 11) is 0. The van der Waals surface area contributed by atoms with Crippen molar-refractivity contribution in [2.24, 2.45) is 0 Å². The highest BCUT2D eigenvalue weighted by Crippen LogP contribution is 2.26. The summed E-state index contributed by atoms with van der Waals surface area (Å²) in [5.41, 5.74) is 14.0. The van der Waals surface area contributed by atoms with Gasteiger partial charge in [-0.05, 0) is 30.7 Å². The number of hydrogen-bond acceptors (Lipinski definition) is 7. The maximum Gasteiger partial charge on any atom is 0.271 e. The Morgan fingerprint density at radius 2 is 1.88 bits per heavy atom. The van der Waals surface area contributed by atoms with Crippen LogP contribution in [0.3, 0.4) is 0 Å². The zero-order valence-corrected chi connectivity index (χ0v) is 13.5. The molecule has 1 amide bonds. The van der Waals surface area contributed by atoms with E-state index < -0.39 is 0 Å². The molecular formula is C17H17N7O. The smallest absolute Gasteiger partial charge is 0.271 e. The van der Waals surface area contributed by atoms with E-state index in [2.05, 4.69) is 31.1 Å². The van der Waals surface area contributed by atoms with E-state index in [-0.39, 0.29) is 11.6 Å². The van der Waals surface area contributed by atoms with Crippen molar-refractivity contribution in [2.45, 2.75) is 6.92 Å². The number of para-hydroxylation sites is 1. The average molecular weight is 335 g/mol. The van der Waals surface area contributed by atoms with Crippen molar-refractivity contribution >= 4 is 28.9 Å². The van der Waals surface area contributed by atoms with Gasteiger partial charge in [-0.25, -0.2) is 9.97 Å². The van der Waals surface area contributed by atoms with Crippen LogP contribution in [0, 0.1) is 6.92 Å². The first-order valence-corrected chi connectivity index (χ1v) is 7.54. The summed E-state index contributed by atoms with van der Waals surface area (Å²) in [6.45, 7) is 1.98. The maximum atomic E-state index is 12.0. The van der Waals surface area contributed by atoms with Crippen molar-refractivity contribution in [3.8, 4) is 0 Å². The van der Waals surface area contributed by atoms with E-state index in [4.69, 9.17) is 5.73 Å². The minimum absolute atomic E-state index is 0.289. The van der Waals surface area contributed by atoms with Crippen molar-refractivity contribution in [1.82, 2.24) is 20.4 Å². The standard InChI is InChI=1S/C17H17N7O/c1-11-5-2-3-7-13(11)22-15-14(18)16(21-10-20-15)23-24-17(25)12-6-4-8-19-9-12/h2-10H,18H2,1H3,(H,24,25)(H2,20,21,22,23). The van der Waals surface area contributed by atoms with E-state index in [1.807, 2.05) is 31.2 Å². The monoisotopic (exact) mass is 335 g/mol. The lowest BCUT2D eigenvalue weighted by Crippen LogP contribution is -2.30. The molecule has 2 heterocycles. The number of aromatic nitrogens is 3. The van der Waals surface area contributed by atoms with Crippen molar-refractivity contribution in [1.29, 1.82) is 0 Å². The molecule has 8 heteroatoms. The quantitative estimate of drug-likeness (QED) is 0.528. The second kappa shape index (κ2) is 7.26. The molecule has 8 nitrogen and oxygen atoms in total.